The minimum absolute atomic E-state index is 0.00495. The standard InChI is InChI=1S/C20H15FN2O2/c21-15-8-3-1-6-13(15)20-23-17(14-7-2-4-9-18(14)25-20)12-16(22-23)19-10-5-11-24-19/h1-11,17,20H,12H2/t17-,20-/m1/s1. The van der Waals surface area contributed by atoms with E-state index in [0.29, 0.717) is 12.0 Å². The molecule has 3 aromatic rings. The maximum Gasteiger partial charge on any atom is 0.216 e. The molecule has 0 bridgehead atoms. The Kier molecular flexibility index (Phi) is 3.13. The largest absolute Gasteiger partial charge is 0.464 e. The molecule has 2 aliphatic heterocycles. The predicted molar refractivity (Wildman–Crippen MR) is 90.7 cm³/mol. The summed E-state index contributed by atoms with van der Waals surface area (Å²) >= 11 is 0. The average molecular weight is 334 g/mol. The van der Waals surface area contributed by atoms with Crippen molar-refractivity contribution in [2.75, 3.05) is 0 Å². The summed E-state index contributed by atoms with van der Waals surface area (Å²) < 4.78 is 26.0. The van der Waals surface area contributed by atoms with Crippen LogP contribution in [0.3, 0.4) is 0 Å². The fourth-order valence-electron chi connectivity index (χ4n) is 3.51. The second kappa shape index (κ2) is 5.48. The Morgan fingerprint density at radius 2 is 1.76 bits per heavy atom. The smallest absolute Gasteiger partial charge is 0.216 e. The molecule has 0 saturated carbocycles. The first-order valence-electron chi connectivity index (χ1n) is 8.21. The number of furan rings is 1. The van der Waals surface area contributed by atoms with Crippen LogP contribution in [-0.2, 0) is 0 Å². The highest BCUT2D eigenvalue weighted by molar-refractivity contribution is 5.99. The van der Waals surface area contributed by atoms with Gasteiger partial charge < -0.3 is 9.15 Å². The Morgan fingerprint density at radius 3 is 2.56 bits per heavy atom. The Hall–Kier alpha value is -3.08. The van der Waals surface area contributed by atoms with Crippen molar-refractivity contribution in [1.29, 1.82) is 0 Å². The van der Waals surface area contributed by atoms with Crippen molar-refractivity contribution in [3.8, 4) is 5.75 Å². The SMILES string of the molecule is Fc1ccccc1[C@H]1Oc2ccccc2[C@H]2CC(c3ccco3)=NN21. The molecule has 2 aromatic carbocycles. The molecule has 0 amide bonds. The third-order valence-electron chi connectivity index (χ3n) is 4.68. The summed E-state index contributed by atoms with van der Waals surface area (Å²) in [4.78, 5) is 0. The van der Waals surface area contributed by atoms with Crippen LogP contribution in [0.4, 0.5) is 4.39 Å². The second-order valence-corrected chi connectivity index (χ2v) is 6.15. The van der Waals surface area contributed by atoms with Crippen molar-refractivity contribution in [3.63, 3.8) is 0 Å². The highest BCUT2D eigenvalue weighted by Crippen LogP contribution is 2.47. The molecular weight excluding hydrogens is 319 g/mol. The zero-order valence-corrected chi connectivity index (χ0v) is 13.3. The van der Waals surface area contributed by atoms with E-state index < -0.39 is 6.23 Å². The summed E-state index contributed by atoms with van der Waals surface area (Å²) in [5, 5.41) is 6.56. The van der Waals surface area contributed by atoms with Gasteiger partial charge in [-0.1, -0.05) is 36.4 Å². The van der Waals surface area contributed by atoms with E-state index >= 15 is 0 Å². The van der Waals surface area contributed by atoms with Crippen LogP contribution in [0.1, 0.15) is 35.6 Å². The summed E-state index contributed by atoms with van der Waals surface area (Å²) in [6.45, 7) is 0. The number of halogens is 1. The number of para-hydroxylation sites is 1. The molecule has 3 heterocycles. The van der Waals surface area contributed by atoms with Crippen LogP contribution in [0.15, 0.2) is 76.4 Å². The molecule has 1 aromatic heterocycles. The first kappa shape index (κ1) is 14.3. The van der Waals surface area contributed by atoms with E-state index in [-0.39, 0.29) is 11.9 Å². The van der Waals surface area contributed by atoms with Gasteiger partial charge in [0.2, 0.25) is 6.23 Å². The van der Waals surface area contributed by atoms with E-state index in [1.807, 2.05) is 47.5 Å². The van der Waals surface area contributed by atoms with Crippen LogP contribution in [0.25, 0.3) is 0 Å². The Bertz CT molecular complexity index is 952. The first-order valence-corrected chi connectivity index (χ1v) is 8.21. The molecular formula is C20H15FN2O2. The summed E-state index contributed by atoms with van der Waals surface area (Å²) in [7, 11) is 0. The Labute approximate surface area is 144 Å². The van der Waals surface area contributed by atoms with Gasteiger partial charge in [0.25, 0.3) is 0 Å². The van der Waals surface area contributed by atoms with Crippen LogP contribution >= 0.6 is 0 Å². The monoisotopic (exact) mass is 334 g/mol. The van der Waals surface area contributed by atoms with Crippen LogP contribution in [0, 0.1) is 5.82 Å². The van der Waals surface area contributed by atoms with Crippen molar-refractivity contribution in [2.45, 2.75) is 18.7 Å². The van der Waals surface area contributed by atoms with Gasteiger partial charge in [-0.05, 0) is 24.3 Å². The molecule has 0 fully saturated rings. The van der Waals surface area contributed by atoms with E-state index in [9.17, 15) is 4.39 Å². The highest BCUT2D eigenvalue weighted by Gasteiger charge is 2.42. The van der Waals surface area contributed by atoms with Crippen molar-refractivity contribution >= 4 is 5.71 Å². The lowest BCUT2D eigenvalue weighted by atomic mass is 9.97. The van der Waals surface area contributed by atoms with Crippen LogP contribution in [0.5, 0.6) is 5.75 Å². The van der Waals surface area contributed by atoms with Crippen LogP contribution in [-0.4, -0.2) is 10.7 Å². The zero-order chi connectivity index (χ0) is 16.8. The van der Waals surface area contributed by atoms with Gasteiger partial charge in [0, 0.05) is 12.0 Å². The molecule has 5 rings (SSSR count). The molecule has 124 valence electrons. The number of hydrogen-bond donors (Lipinski definition) is 0. The lowest BCUT2D eigenvalue weighted by Crippen LogP contribution is -2.34. The molecule has 25 heavy (non-hydrogen) atoms. The van der Waals surface area contributed by atoms with Crippen LogP contribution in [0.2, 0.25) is 0 Å². The molecule has 0 aliphatic carbocycles. The van der Waals surface area contributed by atoms with Crippen molar-refractivity contribution in [2.24, 2.45) is 5.10 Å². The second-order valence-electron chi connectivity index (χ2n) is 6.15. The van der Waals surface area contributed by atoms with Gasteiger partial charge >= 0.3 is 0 Å². The summed E-state index contributed by atoms with van der Waals surface area (Å²) in [6.07, 6.45) is 1.72. The molecule has 0 N–H and O–H groups in total. The normalized spacial score (nSPS) is 21.3. The molecule has 2 aliphatic rings. The zero-order valence-electron chi connectivity index (χ0n) is 13.3. The lowest BCUT2D eigenvalue weighted by molar-refractivity contribution is -0.0212. The van der Waals surface area contributed by atoms with E-state index in [1.54, 1.807) is 18.4 Å². The van der Waals surface area contributed by atoms with E-state index in [2.05, 4.69) is 0 Å². The van der Waals surface area contributed by atoms with Gasteiger partial charge in [0.05, 0.1) is 17.9 Å². The number of fused-ring (bicyclic) bond motifs is 3. The Balaban J connectivity index is 1.63. The number of nitrogens with zero attached hydrogens (tertiary/aromatic N) is 2. The summed E-state index contributed by atoms with van der Waals surface area (Å²) in [5.74, 6) is 1.21. The molecule has 5 heteroatoms. The van der Waals surface area contributed by atoms with Gasteiger partial charge in [0.15, 0.2) is 0 Å². The maximum atomic E-state index is 14.4. The third-order valence-corrected chi connectivity index (χ3v) is 4.68. The topological polar surface area (TPSA) is 38.0 Å². The Morgan fingerprint density at radius 1 is 0.960 bits per heavy atom. The predicted octanol–water partition coefficient (Wildman–Crippen LogP) is 4.66. The summed E-state index contributed by atoms with van der Waals surface area (Å²) in [5.41, 5.74) is 2.38. The first-order chi connectivity index (χ1) is 12.3. The van der Waals surface area contributed by atoms with Gasteiger partial charge in [-0.25, -0.2) is 9.40 Å². The molecule has 0 saturated heterocycles. The van der Waals surface area contributed by atoms with Crippen molar-refractivity contribution < 1.29 is 13.5 Å². The molecule has 4 nitrogen and oxygen atoms in total. The molecule has 0 spiro atoms. The molecule has 0 radical (unpaired) electrons. The van der Waals surface area contributed by atoms with Crippen molar-refractivity contribution in [3.05, 3.63) is 89.6 Å². The number of hydrogen-bond acceptors (Lipinski definition) is 4. The van der Waals surface area contributed by atoms with Crippen LogP contribution < -0.4 is 4.74 Å². The van der Waals surface area contributed by atoms with E-state index in [1.165, 1.54) is 6.07 Å². The number of hydrazone groups is 1. The van der Waals surface area contributed by atoms with Crippen molar-refractivity contribution in [1.82, 2.24) is 5.01 Å². The fraction of sp³-hybridized carbons (Fsp3) is 0.150. The highest BCUT2D eigenvalue weighted by atomic mass is 19.1. The summed E-state index contributed by atoms with van der Waals surface area (Å²) in [6, 6.07) is 18.3. The van der Waals surface area contributed by atoms with Gasteiger partial charge in [-0.2, -0.15) is 5.10 Å². The van der Waals surface area contributed by atoms with Gasteiger partial charge in [0.1, 0.15) is 23.0 Å². The third kappa shape index (κ3) is 2.23. The minimum atomic E-state index is -0.603. The maximum absolute atomic E-state index is 14.4. The fourth-order valence-corrected chi connectivity index (χ4v) is 3.51. The number of benzene rings is 2. The molecule has 2 atom stereocenters. The molecule has 0 unspecified atom stereocenters. The number of rotatable bonds is 2. The lowest BCUT2D eigenvalue weighted by Gasteiger charge is -2.38. The average Bonchev–Trinajstić information content (AvgIpc) is 3.31. The van der Waals surface area contributed by atoms with Gasteiger partial charge in [-0.15, -0.1) is 0 Å². The minimum Gasteiger partial charge on any atom is -0.464 e. The van der Waals surface area contributed by atoms with Gasteiger partial charge in [-0.3, -0.25) is 0 Å². The van der Waals surface area contributed by atoms with E-state index in [4.69, 9.17) is 14.3 Å². The number of ether oxygens (including phenoxy) is 1. The quantitative estimate of drug-likeness (QED) is 0.684. The van der Waals surface area contributed by atoms with E-state index in [0.717, 1.165) is 22.8 Å².